The Morgan fingerprint density at radius 2 is 1.97 bits per heavy atom. The van der Waals surface area contributed by atoms with Gasteiger partial charge >= 0.3 is 0 Å². The van der Waals surface area contributed by atoms with Crippen LogP contribution in [-0.2, 0) is 21.0 Å². The van der Waals surface area contributed by atoms with Crippen molar-refractivity contribution < 1.29 is 8.95 Å². The number of aliphatic imine (C=N–C) groups is 1. The van der Waals surface area contributed by atoms with Crippen molar-refractivity contribution in [1.29, 1.82) is 0 Å². The summed E-state index contributed by atoms with van der Waals surface area (Å²) in [5.41, 5.74) is 1.40. The van der Waals surface area contributed by atoms with Gasteiger partial charge in [-0.15, -0.1) is 0 Å². The highest BCUT2D eigenvalue weighted by Crippen LogP contribution is 2.35. The molecule has 3 rings (SSSR count). The Morgan fingerprint density at radius 3 is 2.66 bits per heavy atom. The Labute approximate surface area is 178 Å². The van der Waals surface area contributed by atoms with Crippen molar-refractivity contribution >= 4 is 16.8 Å². The van der Waals surface area contributed by atoms with Gasteiger partial charge in [-0.3, -0.25) is 9.20 Å². The summed E-state index contributed by atoms with van der Waals surface area (Å²) in [5.74, 6) is 1.65. The van der Waals surface area contributed by atoms with Gasteiger partial charge in [-0.25, -0.2) is 0 Å². The number of ether oxygens (including phenoxy) is 1. The lowest BCUT2D eigenvalue weighted by Gasteiger charge is -2.37. The van der Waals surface area contributed by atoms with E-state index in [4.69, 9.17) is 9.73 Å². The minimum absolute atomic E-state index is 0.0423. The van der Waals surface area contributed by atoms with Gasteiger partial charge < -0.3 is 15.4 Å². The number of rotatable bonds is 7. The molecule has 1 saturated heterocycles. The summed E-state index contributed by atoms with van der Waals surface area (Å²) < 4.78 is 17.9. The van der Waals surface area contributed by atoms with Crippen molar-refractivity contribution in [2.75, 3.05) is 32.1 Å². The number of nitrogens with one attached hydrogen (secondary N) is 2. The molecule has 3 atom stereocenters. The topological polar surface area (TPSA) is 62.7 Å². The van der Waals surface area contributed by atoms with Crippen molar-refractivity contribution in [1.82, 2.24) is 10.6 Å². The Hall–Kier alpha value is -1.40. The van der Waals surface area contributed by atoms with Crippen LogP contribution in [0.4, 0.5) is 0 Å². The van der Waals surface area contributed by atoms with Crippen molar-refractivity contribution in [3.63, 3.8) is 0 Å². The van der Waals surface area contributed by atoms with E-state index in [1.165, 1.54) is 5.56 Å². The largest absolute Gasteiger partial charge is 0.381 e. The molecule has 1 aliphatic heterocycles. The minimum atomic E-state index is -0.706. The predicted molar refractivity (Wildman–Crippen MR) is 122 cm³/mol. The van der Waals surface area contributed by atoms with E-state index < -0.39 is 10.8 Å². The van der Waals surface area contributed by atoms with Gasteiger partial charge in [-0.05, 0) is 44.6 Å². The van der Waals surface area contributed by atoms with Gasteiger partial charge in [0, 0.05) is 53.0 Å². The van der Waals surface area contributed by atoms with Gasteiger partial charge in [0.25, 0.3) is 0 Å². The average molecular weight is 420 g/mol. The molecule has 2 fully saturated rings. The molecule has 1 aromatic rings. The first-order valence-electron chi connectivity index (χ1n) is 11.2. The Morgan fingerprint density at radius 1 is 1.21 bits per heavy atom. The zero-order chi connectivity index (χ0) is 20.5. The second-order valence-electron chi connectivity index (χ2n) is 8.25. The summed E-state index contributed by atoms with van der Waals surface area (Å²) in [7, 11) is -0.706. The molecule has 0 bridgehead atoms. The number of hydrogen-bond donors (Lipinski definition) is 2. The Balaban J connectivity index is 1.71. The fourth-order valence-electron chi connectivity index (χ4n) is 4.59. The zero-order valence-electron chi connectivity index (χ0n) is 18.0. The molecule has 6 heteroatoms. The standard InChI is InChI=1S/C23H37N3O2S/c1-3-24-22(26-20-11-8-12-21(17-20)29(27)4-2)25-18-23(13-15-28-16-14-23)19-9-6-5-7-10-19/h5-7,9-10,20-21H,3-4,8,11-18H2,1-2H3,(H2,24,25,26). The summed E-state index contributed by atoms with van der Waals surface area (Å²) in [6, 6.07) is 11.1. The fourth-order valence-corrected chi connectivity index (χ4v) is 5.93. The molecule has 0 spiro atoms. The Bertz CT molecular complexity index is 674. The van der Waals surface area contributed by atoms with Crippen LogP contribution in [0.25, 0.3) is 0 Å². The highest BCUT2D eigenvalue weighted by molar-refractivity contribution is 7.85. The number of hydrogen-bond acceptors (Lipinski definition) is 3. The normalized spacial score (nSPS) is 25.9. The molecule has 3 unspecified atom stereocenters. The van der Waals surface area contributed by atoms with Crippen LogP contribution in [0.2, 0.25) is 0 Å². The van der Waals surface area contributed by atoms with E-state index in [1.807, 2.05) is 6.92 Å². The minimum Gasteiger partial charge on any atom is -0.381 e. The van der Waals surface area contributed by atoms with Crippen LogP contribution in [0.1, 0.15) is 57.9 Å². The molecule has 2 N–H and O–H groups in total. The van der Waals surface area contributed by atoms with Crippen molar-refractivity contribution in [2.24, 2.45) is 4.99 Å². The number of guanidine groups is 1. The van der Waals surface area contributed by atoms with Crippen molar-refractivity contribution in [3.8, 4) is 0 Å². The third-order valence-corrected chi connectivity index (χ3v) is 8.08. The molecule has 1 aromatic carbocycles. The van der Waals surface area contributed by atoms with Crippen LogP contribution in [-0.4, -0.2) is 53.5 Å². The molecule has 0 radical (unpaired) electrons. The summed E-state index contributed by atoms with van der Waals surface area (Å²) in [4.78, 5) is 5.03. The quantitative estimate of drug-likeness (QED) is 0.525. The summed E-state index contributed by atoms with van der Waals surface area (Å²) in [6.45, 7) is 7.31. The first-order chi connectivity index (χ1) is 14.2. The molecule has 2 aliphatic rings. The first-order valence-corrected chi connectivity index (χ1v) is 12.6. The molecule has 1 heterocycles. The molecular weight excluding hydrogens is 382 g/mol. The van der Waals surface area contributed by atoms with E-state index in [-0.39, 0.29) is 5.41 Å². The van der Waals surface area contributed by atoms with Crippen LogP contribution >= 0.6 is 0 Å². The highest BCUT2D eigenvalue weighted by Gasteiger charge is 2.34. The average Bonchev–Trinajstić information content (AvgIpc) is 2.78. The zero-order valence-corrected chi connectivity index (χ0v) is 18.8. The third kappa shape index (κ3) is 6.05. The molecule has 5 nitrogen and oxygen atoms in total. The molecular formula is C23H37N3O2S. The van der Waals surface area contributed by atoms with Gasteiger partial charge in [0.15, 0.2) is 5.96 Å². The van der Waals surface area contributed by atoms with Gasteiger partial charge in [-0.1, -0.05) is 43.7 Å². The van der Waals surface area contributed by atoms with E-state index in [2.05, 4.69) is 47.9 Å². The molecule has 1 saturated carbocycles. The van der Waals surface area contributed by atoms with Gasteiger partial charge in [0.1, 0.15) is 0 Å². The second kappa shape index (κ2) is 11.1. The molecule has 29 heavy (non-hydrogen) atoms. The van der Waals surface area contributed by atoms with Crippen LogP contribution < -0.4 is 10.6 Å². The summed E-state index contributed by atoms with van der Waals surface area (Å²) >= 11 is 0. The Kier molecular flexibility index (Phi) is 8.54. The van der Waals surface area contributed by atoms with Gasteiger partial charge in [-0.2, -0.15) is 0 Å². The summed E-state index contributed by atoms with van der Waals surface area (Å²) in [6.07, 6.45) is 6.33. The molecule has 0 aromatic heterocycles. The lowest BCUT2D eigenvalue weighted by molar-refractivity contribution is 0.0531. The maximum absolute atomic E-state index is 12.3. The predicted octanol–water partition coefficient (Wildman–Crippen LogP) is 3.37. The van der Waals surface area contributed by atoms with Crippen LogP contribution in [0.15, 0.2) is 35.3 Å². The molecule has 162 valence electrons. The SMILES string of the molecule is CCNC(=NCC1(c2ccccc2)CCOCC1)NC1CCCC(S(=O)CC)C1. The van der Waals surface area contributed by atoms with Crippen molar-refractivity contribution in [3.05, 3.63) is 35.9 Å². The monoisotopic (exact) mass is 419 g/mol. The molecule has 0 amide bonds. The lowest BCUT2D eigenvalue weighted by atomic mass is 9.74. The van der Waals surface area contributed by atoms with E-state index in [1.54, 1.807) is 0 Å². The van der Waals surface area contributed by atoms with Crippen LogP contribution in [0, 0.1) is 0 Å². The van der Waals surface area contributed by atoms with Gasteiger partial charge in [0.2, 0.25) is 0 Å². The van der Waals surface area contributed by atoms with E-state index >= 15 is 0 Å². The summed E-state index contributed by atoms with van der Waals surface area (Å²) in [5, 5.41) is 7.39. The van der Waals surface area contributed by atoms with Crippen LogP contribution in [0.3, 0.4) is 0 Å². The first kappa shape index (κ1) is 22.3. The number of benzene rings is 1. The second-order valence-corrected chi connectivity index (χ2v) is 10.3. The van der Waals surface area contributed by atoms with Crippen LogP contribution in [0.5, 0.6) is 0 Å². The van der Waals surface area contributed by atoms with Crippen molar-refractivity contribution in [2.45, 2.75) is 69.1 Å². The maximum atomic E-state index is 12.3. The smallest absolute Gasteiger partial charge is 0.191 e. The van der Waals surface area contributed by atoms with Gasteiger partial charge in [0.05, 0.1) is 6.54 Å². The fraction of sp³-hybridized carbons (Fsp3) is 0.696. The third-order valence-electron chi connectivity index (χ3n) is 6.34. The molecule has 1 aliphatic carbocycles. The maximum Gasteiger partial charge on any atom is 0.191 e. The highest BCUT2D eigenvalue weighted by atomic mass is 32.2. The van der Waals surface area contributed by atoms with E-state index in [0.717, 1.165) is 76.5 Å². The van der Waals surface area contributed by atoms with E-state index in [0.29, 0.717) is 11.3 Å². The van der Waals surface area contributed by atoms with E-state index in [9.17, 15) is 4.21 Å². The number of nitrogens with zero attached hydrogens (tertiary/aromatic N) is 1. The lowest BCUT2D eigenvalue weighted by Crippen LogP contribution is -2.47.